The third kappa shape index (κ3) is 4.42. The number of fused-ring (bicyclic) bond motifs is 1. The third-order valence-electron chi connectivity index (χ3n) is 3.79. The number of nitrogens with one attached hydrogen (secondary N) is 1. The van der Waals surface area contributed by atoms with E-state index in [2.05, 4.69) is 10.1 Å². The molecule has 0 spiro atoms. The van der Waals surface area contributed by atoms with Gasteiger partial charge >= 0.3 is 6.36 Å². The van der Waals surface area contributed by atoms with Crippen LogP contribution in [0.3, 0.4) is 0 Å². The van der Waals surface area contributed by atoms with Gasteiger partial charge in [-0.3, -0.25) is 9.59 Å². The highest BCUT2D eigenvalue weighted by Gasteiger charge is 2.31. The molecule has 0 saturated carbocycles. The first-order valence-electron chi connectivity index (χ1n) is 8.35. The monoisotopic (exact) mass is 408 g/mol. The lowest BCUT2D eigenvalue weighted by atomic mass is 10.1. The van der Waals surface area contributed by atoms with Crippen LogP contribution < -0.4 is 20.5 Å². The van der Waals surface area contributed by atoms with Gasteiger partial charge < -0.3 is 24.9 Å². The van der Waals surface area contributed by atoms with E-state index in [0.29, 0.717) is 17.7 Å². The van der Waals surface area contributed by atoms with Crippen LogP contribution in [0.15, 0.2) is 46.9 Å². The van der Waals surface area contributed by atoms with Gasteiger partial charge in [-0.15, -0.1) is 13.2 Å². The minimum Gasteiger partial charge on any atom is -0.490 e. The second-order valence-corrected chi connectivity index (χ2v) is 5.76. The summed E-state index contributed by atoms with van der Waals surface area (Å²) in [6, 6.07) is 9.17. The van der Waals surface area contributed by atoms with Crippen molar-refractivity contribution < 1.29 is 36.7 Å². The van der Waals surface area contributed by atoms with Crippen LogP contribution in [-0.2, 0) is 0 Å². The van der Waals surface area contributed by atoms with E-state index >= 15 is 0 Å². The number of anilines is 1. The summed E-state index contributed by atoms with van der Waals surface area (Å²) in [6.45, 7) is 2.12. The predicted octanol–water partition coefficient (Wildman–Crippen LogP) is 4.08. The zero-order chi connectivity index (χ0) is 21.2. The Balaban J connectivity index is 1.93. The molecule has 0 saturated heterocycles. The number of halogens is 3. The molecule has 3 rings (SSSR count). The number of primary amides is 1. The molecule has 0 aliphatic carbocycles. The molecule has 2 aromatic carbocycles. The molecule has 0 aliphatic heterocycles. The van der Waals surface area contributed by atoms with Crippen LogP contribution >= 0.6 is 0 Å². The van der Waals surface area contributed by atoms with E-state index in [9.17, 15) is 22.8 Å². The molecule has 0 aliphatic rings. The molecular formula is C19H15F3N2O5. The number of carbonyl (C=O) groups excluding carboxylic acids is 2. The molecule has 0 atom stereocenters. The Labute approximate surface area is 162 Å². The van der Waals surface area contributed by atoms with Crippen molar-refractivity contribution in [3.05, 3.63) is 53.8 Å². The normalized spacial score (nSPS) is 11.3. The summed E-state index contributed by atoms with van der Waals surface area (Å²) in [5.41, 5.74) is 5.65. The molecule has 2 amide bonds. The number of hydrogen-bond acceptors (Lipinski definition) is 5. The fraction of sp³-hybridized carbons (Fsp3) is 0.158. The van der Waals surface area contributed by atoms with Crippen molar-refractivity contribution in [2.24, 2.45) is 5.73 Å². The molecule has 1 heterocycles. The lowest BCUT2D eigenvalue weighted by Gasteiger charge is -2.09. The highest BCUT2D eigenvalue weighted by molar-refractivity contribution is 6.14. The Kier molecular flexibility index (Phi) is 5.35. The first-order chi connectivity index (χ1) is 13.7. The van der Waals surface area contributed by atoms with Crippen molar-refractivity contribution in [3.63, 3.8) is 0 Å². The lowest BCUT2D eigenvalue weighted by molar-refractivity contribution is -0.274. The first-order valence-corrected chi connectivity index (χ1v) is 8.35. The SMILES string of the molecule is CCOc1cccc2c(NC(=O)c3ccc(OC(F)(F)F)cc3)c(C(N)=O)oc12. The number of amides is 2. The largest absolute Gasteiger partial charge is 0.573 e. The zero-order valence-corrected chi connectivity index (χ0v) is 15.0. The van der Waals surface area contributed by atoms with E-state index in [4.69, 9.17) is 14.9 Å². The van der Waals surface area contributed by atoms with Gasteiger partial charge in [0.1, 0.15) is 11.4 Å². The molecule has 0 fully saturated rings. The van der Waals surface area contributed by atoms with Gasteiger partial charge in [0.05, 0.1) is 6.61 Å². The molecule has 1 aromatic heterocycles. The van der Waals surface area contributed by atoms with E-state index < -0.39 is 23.9 Å². The van der Waals surface area contributed by atoms with Gasteiger partial charge in [0, 0.05) is 10.9 Å². The number of rotatable bonds is 6. The first kappa shape index (κ1) is 20.1. The molecule has 3 N–H and O–H groups in total. The molecular weight excluding hydrogens is 393 g/mol. The van der Waals surface area contributed by atoms with Crippen molar-refractivity contribution >= 4 is 28.5 Å². The molecule has 29 heavy (non-hydrogen) atoms. The van der Waals surface area contributed by atoms with Crippen molar-refractivity contribution in [2.75, 3.05) is 11.9 Å². The Hall–Kier alpha value is -3.69. The van der Waals surface area contributed by atoms with Crippen molar-refractivity contribution in [1.82, 2.24) is 0 Å². The number of para-hydroxylation sites is 1. The summed E-state index contributed by atoms with van der Waals surface area (Å²) in [5.74, 6) is -1.98. The van der Waals surface area contributed by atoms with Crippen LogP contribution in [0.1, 0.15) is 27.8 Å². The summed E-state index contributed by atoms with van der Waals surface area (Å²) in [6.07, 6.45) is -4.84. The molecule has 3 aromatic rings. The topological polar surface area (TPSA) is 104 Å². The van der Waals surface area contributed by atoms with Gasteiger partial charge in [-0.25, -0.2) is 0 Å². The molecule has 0 radical (unpaired) electrons. The van der Waals surface area contributed by atoms with E-state index in [1.165, 1.54) is 0 Å². The lowest BCUT2D eigenvalue weighted by Crippen LogP contribution is -2.18. The summed E-state index contributed by atoms with van der Waals surface area (Å²) in [4.78, 5) is 24.3. The number of alkyl halides is 3. The summed E-state index contributed by atoms with van der Waals surface area (Å²) in [5, 5.41) is 2.90. The minimum atomic E-state index is -4.84. The summed E-state index contributed by atoms with van der Waals surface area (Å²) < 4.78 is 51.4. The van der Waals surface area contributed by atoms with Crippen molar-refractivity contribution in [3.8, 4) is 11.5 Å². The average molecular weight is 408 g/mol. The van der Waals surface area contributed by atoms with Gasteiger partial charge in [0.2, 0.25) is 5.76 Å². The Bertz CT molecular complexity index is 1060. The number of nitrogens with two attached hydrogens (primary N) is 1. The smallest absolute Gasteiger partial charge is 0.490 e. The minimum absolute atomic E-state index is 0.0326. The summed E-state index contributed by atoms with van der Waals surface area (Å²) in [7, 11) is 0. The Morgan fingerprint density at radius 2 is 1.83 bits per heavy atom. The Morgan fingerprint density at radius 3 is 2.41 bits per heavy atom. The van der Waals surface area contributed by atoms with E-state index in [1.807, 2.05) is 0 Å². The maximum atomic E-state index is 12.5. The van der Waals surface area contributed by atoms with E-state index in [-0.39, 0.29) is 22.6 Å². The van der Waals surface area contributed by atoms with Gasteiger partial charge in [0.25, 0.3) is 11.8 Å². The van der Waals surface area contributed by atoms with Crippen molar-refractivity contribution in [1.29, 1.82) is 0 Å². The fourth-order valence-corrected chi connectivity index (χ4v) is 2.65. The van der Waals surface area contributed by atoms with Crippen LogP contribution in [0.4, 0.5) is 18.9 Å². The quantitative estimate of drug-likeness (QED) is 0.640. The predicted molar refractivity (Wildman–Crippen MR) is 97.0 cm³/mol. The van der Waals surface area contributed by atoms with Crippen LogP contribution in [0.5, 0.6) is 11.5 Å². The third-order valence-corrected chi connectivity index (χ3v) is 3.79. The van der Waals surface area contributed by atoms with Crippen LogP contribution in [0.2, 0.25) is 0 Å². The van der Waals surface area contributed by atoms with Crippen LogP contribution in [0, 0.1) is 0 Å². The van der Waals surface area contributed by atoms with Gasteiger partial charge in [-0.1, -0.05) is 6.07 Å². The van der Waals surface area contributed by atoms with E-state index in [1.54, 1.807) is 25.1 Å². The second-order valence-electron chi connectivity index (χ2n) is 5.76. The van der Waals surface area contributed by atoms with Gasteiger partial charge in [0.15, 0.2) is 11.3 Å². The number of ether oxygens (including phenoxy) is 2. The highest BCUT2D eigenvalue weighted by atomic mass is 19.4. The maximum Gasteiger partial charge on any atom is 0.573 e. The molecule has 152 valence electrons. The number of furan rings is 1. The molecule has 7 nitrogen and oxygen atoms in total. The van der Waals surface area contributed by atoms with Crippen LogP contribution in [-0.4, -0.2) is 24.8 Å². The maximum absolute atomic E-state index is 12.5. The highest BCUT2D eigenvalue weighted by Crippen LogP contribution is 2.36. The number of carbonyl (C=O) groups is 2. The number of hydrogen-bond donors (Lipinski definition) is 2. The Morgan fingerprint density at radius 1 is 1.14 bits per heavy atom. The van der Waals surface area contributed by atoms with Crippen LogP contribution in [0.25, 0.3) is 11.0 Å². The van der Waals surface area contributed by atoms with E-state index in [0.717, 1.165) is 24.3 Å². The molecule has 0 bridgehead atoms. The average Bonchev–Trinajstić information content (AvgIpc) is 3.01. The number of benzene rings is 2. The fourth-order valence-electron chi connectivity index (χ4n) is 2.65. The van der Waals surface area contributed by atoms with Gasteiger partial charge in [-0.2, -0.15) is 0 Å². The van der Waals surface area contributed by atoms with Gasteiger partial charge in [-0.05, 0) is 43.3 Å². The standard InChI is InChI=1S/C19H15F3N2O5/c1-2-27-13-5-3-4-12-14(16(17(23)25)28-15(12)13)24-18(26)10-6-8-11(9-7-10)29-19(20,21)22/h3-9H,2H2,1H3,(H2,23,25)(H,24,26). The second kappa shape index (κ2) is 7.74. The summed E-state index contributed by atoms with van der Waals surface area (Å²) >= 11 is 0. The molecule has 10 heteroatoms. The zero-order valence-electron chi connectivity index (χ0n) is 15.0. The molecule has 0 unspecified atom stereocenters. The van der Waals surface area contributed by atoms with Crippen molar-refractivity contribution in [2.45, 2.75) is 13.3 Å².